The Balaban J connectivity index is 1.16. The average molecular weight is 757 g/mol. The minimum atomic E-state index is -0.557. The number of ether oxygens (including phenoxy) is 5. The van der Waals surface area contributed by atoms with Crippen LogP contribution in [0, 0.1) is 0 Å². The van der Waals surface area contributed by atoms with E-state index in [-0.39, 0.29) is 16.1 Å². The number of rotatable bonds is 14. The molecule has 8 nitrogen and oxygen atoms in total. The largest absolute Gasteiger partial charge is 0.490 e. The standard InChI is InChI=1S/C33H39Cl2IN2O6/c1-40-13-2-11-38-12-14-41-29-10-5-23(15-27(29)38)20-42-31-18-37-17-28(39)33(31)24-6-3-22(4-7-24)19-44-32(36)21-43-30-16-25(34)8-9-26(30)35/h3-10,15-16,28,31-33,37,39H,2,11-14,17-21H2,1H3. The van der Waals surface area contributed by atoms with E-state index in [9.17, 15) is 5.11 Å². The monoisotopic (exact) mass is 756 g/mol. The second-order valence-electron chi connectivity index (χ2n) is 10.9. The number of nitrogens with one attached hydrogen (secondary N) is 1. The highest BCUT2D eigenvalue weighted by Crippen LogP contribution is 2.34. The normalized spacial score (nSPS) is 20.6. The molecule has 44 heavy (non-hydrogen) atoms. The van der Waals surface area contributed by atoms with Gasteiger partial charge in [0.25, 0.3) is 0 Å². The molecule has 2 aliphatic heterocycles. The summed E-state index contributed by atoms with van der Waals surface area (Å²) in [7, 11) is 1.73. The molecule has 2 aliphatic rings. The van der Waals surface area contributed by atoms with Crippen LogP contribution in [-0.2, 0) is 27.4 Å². The van der Waals surface area contributed by atoms with Gasteiger partial charge in [-0.2, -0.15) is 0 Å². The van der Waals surface area contributed by atoms with Crippen molar-refractivity contribution < 1.29 is 28.8 Å². The fraction of sp³-hybridized carbons (Fsp3) is 0.455. The molecule has 11 heteroatoms. The first-order valence-electron chi connectivity index (χ1n) is 14.8. The molecule has 1 saturated heterocycles. The molecule has 0 aliphatic carbocycles. The van der Waals surface area contributed by atoms with Crippen LogP contribution in [0.5, 0.6) is 11.5 Å². The molecule has 2 heterocycles. The quantitative estimate of drug-likeness (QED) is 0.114. The number of aliphatic hydroxyl groups is 1. The second-order valence-corrected chi connectivity index (χ2v) is 13.2. The van der Waals surface area contributed by atoms with Crippen LogP contribution in [-0.4, -0.2) is 74.5 Å². The van der Waals surface area contributed by atoms with Gasteiger partial charge in [0, 0.05) is 50.4 Å². The van der Waals surface area contributed by atoms with Gasteiger partial charge in [0.1, 0.15) is 28.8 Å². The Bertz CT molecular complexity index is 1350. The zero-order valence-corrected chi connectivity index (χ0v) is 28.4. The summed E-state index contributed by atoms with van der Waals surface area (Å²) in [6.45, 7) is 5.58. The van der Waals surface area contributed by atoms with Crippen molar-refractivity contribution in [1.29, 1.82) is 0 Å². The van der Waals surface area contributed by atoms with Crippen LogP contribution in [0.1, 0.15) is 29.0 Å². The lowest BCUT2D eigenvalue weighted by Crippen LogP contribution is -2.49. The molecular formula is C33H39Cl2IN2O6. The highest BCUT2D eigenvalue weighted by molar-refractivity contribution is 14.1. The fourth-order valence-electron chi connectivity index (χ4n) is 5.53. The number of β-amino-alcohol motifs (C(OH)–C–C–N with tert-alkyl or cyclic N) is 1. The van der Waals surface area contributed by atoms with Crippen LogP contribution in [0.15, 0.2) is 60.7 Å². The van der Waals surface area contributed by atoms with Crippen LogP contribution in [0.2, 0.25) is 10.0 Å². The van der Waals surface area contributed by atoms with Crippen molar-refractivity contribution in [3.05, 3.63) is 87.4 Å². The molecule has 0 aromatic heterocycles. The predicted molar refractivity (Wildman–Crippen MR) is 182 cm³/mol. The first-order valence-corrected chi connectivity index (χ1v) is 16.8. The van der Waals surface area contributed by atoms with Crippen molar-refractivity contribution in [2.75, 3.05) is 58.0 Å². The Morgan fingerprint density at radius 3 is 2.68 bits per heavy atom. The topological polar surface area (TPSA) is 81.7 Å². The van der Waals surface area contributed by atoms with E-state index in [1.807, 2.05) is 18.2 Å². The lowest BCUT2D eigenvalue weighted by atomic mass is 9.85. The summed E-state index contributed by atoms with van der Waals surface area (Å²) in [5.41, 5.74) is 4.25. The van der Waals surface area contributed by atoms with Crippen LogP contribution < -0.4 is 19.7 Å². The molecule has 238 valence electrons. The van der Waals surface area contributed by atoms with Gasteiger partial charge in [0.15, 0.2) is 0 Å². The van der Waals surface area contributed by atoms with E-state index in [0.717, 1.165) is 54.2 Å². The number of hydrogen-bond acceptors (Lipinski definition) is 8. The molecule has 2 N–H and O–H groups in total. The third kappa shape index (κ3) is 9.13. The molecule has 4 unspecified atom stereocenters. The maximum Gasteiger partial charge on any atom is 0.143 e. The Morgan fingerprint density at radius 2 is 1.86 bits per heavy atom. The molecule has 3 aromatic rings. The van der Waals surface area contributed by atoms with Crippen LogP contribution in [0.3, 0.4) is 0 Å². The van der Waals surface area contributed by atoms with Crippen molar-refractivity contribution in [1.82, 2.24) is 5.32 Å². The highest BCUT2D eigenvalue weighted by Gasteiger charge is 2.34. The van der Waals surface area contributed by atoms with Crippen LogP contribution in [0.25, 0.3) is 0 Å². The van der Waals surface area contributed by atoms with E-state index in [0.29, 0.717) is 55.3 Å². The fourth-order valence-corrected chi connectivity index (χ4v) is 6.23. The third-order valence-electron chi connectivity index (χ3n) is 7.80. The van der Waals surface area contributed by atoms with Crippen molar-refractivity contribution in [3.8, 4) is 11.5 Å². The minimum absolute atomic E-state index is 0.147. The number of halogens is 3. The van der Waals surface area contributed by atoms with Crippen molar-refractivity contribution in [3.63, 3.8) is 0 Å². The van der Waals surface area contributed by atoms with Gasteiger partial charge in [0.05, 0.1) is 42.7 Å². The van der Waals surface area contributed by atoms with E-state index in [2.05, 4.69) is 57.1 Å². The molecule has 0 radical (unpaired) electrons. The smallest absolute Gasteiger partial charge is 0.143 e. The average Bonchev–Trinajstić information content (AvgIpc) is 3.03. The van der Waals surface area contributed by atoms with Gasteiger partial charge in [-0.25, -0.2) is 0 Å². The predicted octanol–water partition coefficient (Wildman–Crippen LogP) is 6.22. The maximum atomic E-state index is 11.0. The van der Waals surface area contributed by atoms with Crippen molar-refractivity contribution in [2.24, 2.45) is 0 Å². The number of nitrogens with zero attached hydrogens (tertiary/aromatic N) is 1. The number of piperidine rings is 1. The molecule has 0 spiro atoms. The SMILES string of the molecule is COCCCN1CCOc2ccc(COC3CNCC(O)C3c3ccc(COC(I)COc4cc(Cl)ccc4Cl)cc3)cc21. The summed E-state index contributed by atoms with van der Waals surface area (Å²) < 4.78 is 29.2. The summed E-state index contributed by atoms with van der Waals surface area (Å²) >= 11 is 14.4. The Labute approximate surface area is 283 Å². The van der Waals surface area contributed by atoms with Gasteiger partial charge >= 0.3 is 0 Å². The Morgan fingerprint density at radius 1 is 1.05 bits per heavy atom. The van der Waals surface area contributed by atoms with Crippen molar-refractivity contribution in [2.45, 2.75) is 41.9 Å². The molecule has 1 fully saturated rings. The van der Waals surface area contributed by atoms with Crippen LogP contribution in [0.4, 0.5) is 5.69 Å². The molecule has 4 atom stereocenters. The summed E-state index contributed by atoms with van der Waals surface area (Å²) in [4.78, 5) is 2.35. The van der Waals surface area contributed by atoms with Gasteiger partial charge < -0.3 is 39.0 Å². The molecule has 5 rings (SSSR count). The maximum absolute atomic E-state index is 11.0. The number of anilines is 1. The molecule has 0 bridgehead atoms. The molecule has 3 aromatic carbocycles. The number of alkyl halides is 1. The minimum Gasteiger partial charge on any atom is -0.490 e. The first-order chi connectivity index (χ1) is 21.4. The van der Waals surface area contributed by atoms with E-state index >= 15 is 0 Å². The summed E-state index contributed by atoms with van der Waals surface area (Å²) in [6, 6.07) is 19.6. The van der Waals surface area contributed by atoms with Gasteiger partial charge in [-0.05, 0) is 70.0 Å². The summed E-state index contributed by atoms with van der Waals surface area (Å²) in [6.07, 6.45) is 0.222. The van der Waals surface area contributed by atoms with E-state index in [1.54, 1.807) is 25.3 Å². The van der Waals surface area contributed by atoms with Gasteiger partial charge in [-0.15, -0.1) is 0 Å². The number of aliphatic hydroxyl groups excluding tert-OH is 1. The zero-order chi connectivity index (χ0) is 30.9. The highest BCUT2D eigenvalue weighted by atomic mass is 127. The third-order valence-corrected chi connectivity index (χ3v) is 9.06. The van der Waals surface area contributed by atoms with Crippen LogP contribution >= 0.6 is 45.8 Å². The summed E-state index contributed by atoms with van der Waals surface area (Å²) in [5, 5.41) is 15.4. The van der Waals surface area contributed by atoms with Gasteiger partial charge in [0.2, 0.25) is 0 Å². The lowest BCUT2D eigenvalue weighted by molar-refractivity contribution is -0.0328. The van der Waals surface area contributed by atoms with Gasteiger partial charge in [-0.3, -0.25) is 0 Å². The first kappa shape index (κ1) is 33.5. The molecular weight excluding hydrogens is 718 g/mol. The number of hydrogen-bond donors (Lipinski definition) is 2. The van der Waals surface area contributed by atoms with Gasteiger partial charge in [-0.1, -0.05) is 53.5 Å². The van der Waals surface area contributed by atoms with E-state index < -0.39 is 6.10 Å². The molecule has 0 saturated carbocycles. The number of benzene rings is 3. The second kappa shape index (κ2) is 16.6. The van der Waals surface area contributed by atoms with Crippen molar-refractivity contribution >= 4 is 51.5 Å². The molecule has 0 amide bonds. The van der Waals surface area contributed by atoms with E-state index in [1.165, 1.54) is 0 Å². The number of fused-ring (bicyclic) bond motifs is 1. The zero-order valence-electron chi connectivity index (χ0n) is 24.7. The summed E-state index contributed by atoms with van der Waals surface area (Å²) in [5.74, 6) is 1.29. The Hall–Kier alpha value is -1.83. The number of methoxy groups -OCH3 is 1. The van der Waals surface area contributed by atoms with E-state index in [4.69, 9.17) is 46.9 Å². The Kier molecular flexibility index (Phi) is 12.7. The lowest BCUT2D eigenvalue weighted by Gasteiger charge is -2.36.